The van der Waals surface area contributed by atoms with Crippen molar-refractivity contribution in [1.29, 1.82) is 0 Å². The summed E-state index contributed by atoms with van der Waals surface area (Å²) in [5.41, 5.74) is 2.36. The van der Waals surface area contributed by atoms with Crippen molar-refractivity contribution in [2.24, 2.45) is 0 Å². The standard InChI is InChI=1S/C13H15N5O2S/c1-4-20-12(19)9-8(3)14-13-15-16-17-18(13)10(9)11-7(2)5-6-21-11/h5-6,10H,4H2,1-3H3,(H,14,15,17)/t10-/m1/s1. The Morgan fingerprint density at radius 2 is 2.33 bits per heavy atom. The molecule has 8 heteroatoms. The molecule has 0 saturated carbocycles. The Morgan fingerprint density at radius 3 is 3.00 bits per heavy atom. The SMILES string of the molecule is CCOC(=O)C1=C(C)Nc2nnnn2[C@H]1c1sccc1C. The third kappa shape index (κ3) is 2.21. The van der Waals surface area contributed by atoms with Crippen LogP contribution in [0.4, 0.5) is 5.95 Å². The number of carbonyl (C=O) groups is 1. The van der Waals surface area contributed by atoms with Crippen LogP contribution in [-0.4, -0.2) is 32.8 Å². The number of aryl methyl sites for hydroxylation is 1. The number of ether oxygens (including phenoxy) is 1. The van der Waals surface area contributed by atoms with Crippen LogP contribution in [0.1, 0.15) is 30.3 Å². The second-order valence-corrected chi connectivity index (χ2v) is 5.65. The zero-order valence-corrected chi connectivity index (χ0v) is 12.8. The Morgan fingerprint density at radius 1 is 1.52 bits per heavy atom. The first kappa shape index (κ1) is 13.7. The lowest BCUT2D eigenvalue weighted by Crippen LogP contribution is -2.29. The molecule has 7 nitrogen and oxygen atoms in total. The fraction of sp³-hybridized carbons (Fsp3) is 0.385. The number of allylic oxidation sites excluding steroid dienone is 1. The number of thiophene rings is 1. The van der Waals surface area contributed by atoms with Crippen LogP contribution >= 0.6 is 11.3 Å². The van der Waals surface area contributed by atoms with Crippen LogP contribution in [0.3, 0.4) is 0 Å². The summed E-state index contributed by atoms with van der Waals surface area (Å²) in [7, 11) is 0. The summed E-state index contributed by atoms with van der Waals surface area (Å²) in [6.45, 7) is 5.96. The van der Waals surface area contributed by atoms with Gasteiger partial charge in [0.1, 0.15) is 6.04 Å². The van der Waals surface area contributed by atoms with E-state index >= 15 is 0 Å². The molecule has 0 spiro atoms. The summed E-state index contributed by atoms with van der Waals surface area (Å²) >= 11 is 1.58. The van der Waals surface area contributed by atoms with Gasteiger partial charge in [0, 0.05) is 10.6 Å². The van der Waals surface area contributed by atoms with Gasteiger partial charge in [0.15, 0.2) is 0 Å². The van der Waals surface area contributed by atoms with Gasteiger partial charge in [-0.2, -0.15) is 4.68 Å². The van der Waals surface area contributed by atoms with E-state index in [-0.39, 0.29) is 12.0 Å². The lowest BCUT2D eigenvalue weighted by molar-refractivity contribution is -0.139. The highest BCUT2D eigenvalue weighted by molar-refractivity contribution is 7.10. The first-order valence-electron chi connectivity index (χ1n) is 6.60. The van der Waals surface area contributed by atoms with Crippen LogP contribution in [0.5, 0.6) is 0 Å². The molecule has 3 rings (SSSR count). The molecule has 1 atom stereocenters. The number of rotatable bonds is 3. The number of carbonyl (C=O) groups excluding carboxylic acids is 1. The molecular weight excluding hydrogens is 290 g/mol. The van der Waals surface area contributed by atoms with Crippen molar-refractivity contribution < 1.29 is 9.53 Å². The minimum atomic E-state index is -0.352. The Labute approximate surface area is 125 Å². The number of nitrogens with one attached hydrogen (secondary N) is 1. The summed E-state index contributed by atoms with van der Waals surface area (Å²) < 4.78 is 6.82. The number of esters is 1. The van der Waals surface area contributed by atoms with Gasteiger partial charge in [-0.1, -0.05) is 5.10 Å². The van der Waals surface area contributed by atoms with Crippen LogP contribution in [-0.2, 0) is 9.53 Å². The molecule has 1 aliphatic heterocycles. The quantitative estimate of drug-likeness (QED) is 0.872. The molecule has 0 saturated heterocycles. The third-order valence-electron chi connectivity index (χ3n) is 3.36. The minimum Gasteiger partial charge on any atom is -0.463 e. The molecule has 3 heterocycles. The molecule has 0 fully saturated rings. The average Bonchev–Trinajstić information content (AvgIpc) is 3.06. The monoisotopic (exact) mass is 305 g/mol. The van der Waals surface area contributed by atoms with Crippen molar-refractivity contribution in [3.63, 3.8) is 0 Å². The predicted molar refractivity (Wildman–Crippen MR) is 78.0 cm³/mol. The molecule has 0 aliphatic carbocycles. The second-order valence-electron chi connectivity index (χ2n) is 4.70. The number of tetrazole rings is 1. The Hall–Kier alpha value is -2.22. The molecule has 1 N–H and O–H groups in total. The molecule has 2 aromatic heterocycles. The molecule has 1 aliphatic rings. The summed E-state index contributed by atoms with van der Waals surface area (Å²) in [5.74, 6) is 0.180. The summed E-state index contributed by atoms with van der Waals surface area (Å²) in [6, 6.07) is 1.67. The fourth-order valence-corrected chi connectivity index (χ4v) is 3.41. The normalized spacial score (nSPS) is 17.4. The molecule has 0 bridgehead atoms. The van der Waals surface area contributed by atoms with Gasteiger partial charge in [-0.25, -0.2) is 4.79 Å². The molecular formula is C13H15N5O2S. The van der Waals surface area contributed by atoms with Crippen molar-refractivity contribution in [3.05, 3.63) is 33.2 Å². The maximum absolute atomic E-state index is 12.4. The van der Waals surface area contributed by atoms with Crippen molar-refractivity contribution in [2.75, 3.05) is 11.9 Å². The Kier molecular flexibility index (Phi) is 3.46. The van der Waals surface area contributed by atoms with Crippen LogP contribution < -0.4 is 5.32 Å². The van der Waals surface area contributed by atoms with Gasteiger partial charge in [-0.15, -0.1) is 11.3 Å². The maximum atomic E-state index is 12.4. The lowest BCUT2D eigenvalue weighted by Gasteiger charge is -2.26. The van der Waals surface area contributed by atoms with Gasteiger partial charge >= 0.3 is 5.97 Å². The minimum absolute atomic E-state index is 0.328. The van der Waals surface area contributed by atoms with Crippen LogP contribution in [0, 0.1) is 6.92 Å². The highest BCUT2D eigenvalue weighted by Gasteiger charge is 2.36. The van der Waals surface area contributed by atoms with E-state index in [0.717, 1.165) is 10.4 Å². The molecule has 2 aromatic rings. The largest absolute Gasteiger partial charge is 0.463 e. The van der Waals surface area contributed by atoms with Crippen LogP contribution in [0.2, 0.25) is 0 Å². The van der Waals surface area contributed by atoms with E-state index in [0.29, 0.717) is 23.8 Å². The maximum Gasteiger partial charge on any atom is 0.338 e. The van der Waals surface area contributed by atoms with Crippen molar-refractivity contribution in [2.45, 2.75) is 26.8 Å². The molecule has 0 unspecified atom stereocenters. The van der Waals surface area contributed by atoms with E-state index in [1.807, 2.05) is 25.3 Å². The summed E-state index contributed by atoms with van der Waals surface area (Å²) in [6.07, 6.45) is 0. The fourth-order valence-electron chi connectivity index (χ4n) is 2.39. The Balaban J connectivity index is 2.16. The Bertz CT molecular complexity index is 718. The van der Waals surface area contributed by atoms with E-state index in [2.05, 4.69) is 20.8 Å². The van der Waals surface area contributed by atoms with Gasteiger partial charge in [0.25, 0.3) is 0 Å². The smallest absolute Gasteiger partial charge is 0.338 e. The van der Waals surface area contributed by atoms with Crippen LogP contribution in [0.25, 0.3) is 0 Å². The van der Waals surface area contributed by atoms with Crippen molar-refractivity contribution in [1.82, 2.24) is 20.2 Å². The van der Waals surface area contributed by atoms with E-state index < -0.39 is 0 Å². The van der Waals surface area contributed by atoms with Crippen LogP contribution in [0.15, 0.2) is 22.7 Å². The van der Waals surface area contributed by atoms with Gasteiger partial charge in [0.2, 0.25) is 5.95 Å². The van der Waals surface area contributed by atoms with Gasteiger partial charge in [-0.3, -0.25) is 0 Å². The van der Waals surface area contributed by atoms with Crippen molar-refractivity contribution in [3.8, 4) is 0 Å². The molecule has 21 heavy (non-hydrogen) atoms. The van der Waals surface area contributed by atoms with E-state index in [4.69, 9.17) is 4.74 Å². The van der Waals surface area contributed by atoms with E-state index in [1.165, 1.54) is 0 Å². The number of hydrogen-bond acceptors (Lipinski definition) is 7. The highest BCUT2D eigenvalue weighted by atomic mass is 32.1. The average molecular weight is 305 g/mol. The lowest BCUT2D eigenvalue weighted by atomic mass is 10.00. The van der Waals surface area contributed by atoms with Gasteiger partial charge < -0.3 is 10.1 Å². The van der Waals surface area contributed by atoms with E-state index in [1.54, 1.807) is 22.9 Å². The second kappa shape index (κ2) is 5.28. The summed E-state index contributed by atoms with van der Waals surface area (Å²) in [5, 5.41) is 16.7. The number of anilines is 1. The molecule has 0 aromatic carbocycles. The zero-order valence-electron chi connectivity index (χ0n) is 12.0. The van der Waals surface area contributed by atoms with Gasteiger partial charge in [0.05, 0.1) is 12.2 Å². The number of hydrogen-bond donors (Lipinski definition) is 1. The number of aromatic nitrogens is 4. The molecule has 0 amide bonds. The third-order valence-corrected chi connectivity index (χ3v) is 4.43. The topological polar surface area (TPSA) is 81.9 Å². The molecule has 0 radical (unpaired) electrons. The zero-order chi connectivity index (χ0) is 15.0. The first-order chi connectivity index (χ1) is 10.1. The van der Waals surface area contributed by atoms with E-state index in [9.17, 15) is 4.79 Å². The summed E-state index contributed by atoms with van der Waals surface area (Å²) in [4.78, 5) is 13.4. The predicted octanol–water partition coefficient (Wildman–Crippen LogP) is 1.90. The highest BCUT2D eigenvalue weighted by Crippen LogP contribution is 2.38. The van der Waals surface area contributed by atoms with Crippen molar-refractivity contribution >= 4 is 23.3 Å². The molecule has 110 valence electrons. The number of fused-ring (bicyclic) bond motifs is 1. The van der Waals surface area contributed by atoms with Gasteiger partial charge in [-0.05, 0) is 48.2 Å². The number of nitrogens with zero attached hydrogens (tertiary/aromatic N) is 4. The first-order valence-corrected chi connectivity index (χ1v) is 7.48.